The van der Waals surface area contributed by atoms with Crippen molar-refractivity contribution in [3.8, 4) is 0 Å². The van der Waals surface area contributed by atoms with Crippen LogP contribution in [0.2, 0.25) is 0 Å². The minimum absolute atomic E-state index is 0.532. The molecule has 4 heteroatoms. The van der Waals surface area contributed by atoms with Crippen molar-refractivity contribution >= 4 is 5.82 Å². The number of hydrogen-bond donors (Lipinski definition) is 1. The summed E-state index contributed by atoms with van der Waals surface area (Å²) in [5.41, 5.74) is 2.51. The summed E-state index contributed by atoms with van der Waals surface area (Å²) in [6.45, 7) is 9.94. The van der Waals surface area contributed by atoms with Crippen LogP contribution in [-0.2, 0) is 13.6 Å². The molecular formula is C16H30N4. The molecule has 114 valence electrons. The van der Waals surface area contributed by atoms with Gasteiger partial charge < -0.3 is 10.2 Å². The van der Waals surface area contributed by atoms with Gasteiger partial charge in [0.15, 0.2) is 0 Å². The number of nitrogens with zero attached hydrogens (tertiary/aromatic N) is 3. The van der Waals surface area contributed by atoms with Crippen LogP contribution in [0.3, 0.4) is 0 Å². The lowest BCUT2D eigenvalue weighted by Gasteiger charge is -2.29. The Bertz CT molecular complexity index is 446. The standard InChI is InChI=1S/C16H30N4/c1-11(2)9-12(3)19(5)16-15(10-17-14-7-8-14)13(4)18-20(16)6/h11-12,14,17H,7-10H2,1-6H3. The maximum Gasteiger partial charge on any atom is 0.131 e. The van der Waals surface area contributed by atoms with Crippen molar-refractivity contribution in [3.63, 3.8) is 0 Å². The summed E-state index contributed by atoms with van der Waals surface area (Å²) in [6.07, 6.45) is 3.86. The molecule has 20 heavy (non-hydrogen) atoms. The highest BCUT2D eigenvalue weighted by molar-refractivity contribution is 5.50. The first-order valence-corrected chi connectivity index (χ1v) is 7.88. The summed E-state index contributed by atoms with van der Waals surface area (Å²) < 4.78 is 2.04. The molecule has 4 nitrogen and oxygen atoms in total. The van der Waals surface area contributed by atoms with Gasteiger partial charge in [-0.2, -0.15) is 5.10 Å². The van der Waals surface area contributed by atoms with Crippen molar-refractivity contribution in [3.05, 3.63) is 11.3 Å². The molecule has 0 saturated heterocycles. The summed E-state index contributed by atoms with van der Waals surface area (Å²) in [6, 6.07) is 1.27. The first kappa shape index (κ1) is 15.4. The van der Waals surface area contributed by atoms with E-state index in [-0.39, 0.29) is 0 Å². The van der Waals surface area contributed by atoms with E-state index in [1.807, 2.05) is 4.68 Å². The highest BCUT2D eigenvalue weighted by Crippen LogP contribution is 2.27. The van der Waals surface area contributed by atoms with E-state index in [9.17, 15) is 0 Å². The number of nitrogens with one attached hydrogen (secondary N) is 1. The molecule has 0 bridgehead atoms. The van der Waals surface area contributed by atoms with Crippen molar-refractivity contribution < 1.29 is 0 Å². The van der Waals surface area contributed by atoms with Crippen LogP contribution < -0.4 is 10.2 Å². The van der Waals surface area contributed by atoms with E-state index in [2.05, 4.69) is 57.1 Å². The van der Waals surface area contributed by atoms with Crippen molar-refractivity contribution in [2.45, 2.75) is 65.6 Å². The molecule has 0 spiro atoms. The van der Waals surface area contributed by atoms with Gasteiger partial charge in [-0.25, -0.2) is 0 Å². The highest BCUT2D eigenvalue weighted by Gasteiger charge is 2.24. The van der Waals surface area contributed by atoms with Crippen LogP contribution in [0.1, 0.15) is 51.3 Å². The number of aromatic nitrogens is 2. The van der Waals surface area contributed by atoms with Crippen LogP contribution in [0.25, 0.3) is 0 Å². The third kappa shape index (κ3) is 3.54. The van der Waals surface area contributed by atoms with Crippen molar-refractivity contribution in [1.29, 1.82) is 0 Å². The molecule has 1 aliphatic rings. The van der Waals surface area contributed by atoms with Crippen molar-refractivity contribution in [1.82, 2.24) is 15.1 Å². The lowest BCUT2D eigenvalue weighted by atomic mass is 10.0. The molecular weight excluding hydrogens is 248 g/mol. The third-order valence-corrected chi connectivity index (χ3v) is 4.27. The normalized spacial score (nSPS) is 16.8. The van der Waals surface area contributed by atoms with E-state index in [1.54, 1.807) is 0 Å². The van der Waals surface area contributed by atoms with Gasteiger partial charge in [0.05, 0.1) is 5.69 Å². The largest absolute Gasteiger partial charge is 0.357 e. The van der Waals surface area contributed by atoms with Gasteiger partial charge in [-0.05, 0) is 39.0 Å². The fourth-order valence-corrected chi connectivity index (χ4v) is 2.92. The van der Waals surface area contributed by atoms with E-state index >= 15 is 0 Å². The summed E-state index contributed by atoms with van der Waals surface area (Å²) in [4.78, 5) is 2.39. The molecule has 0 aromatic carbocycles. The Balaban J connectivity index is 2.15. The Morgan fingerprint density at radius 2 is 2.00 bits per heavy atom. The molecule has 0 amide bonds. The second kappa shape index (κ2) is 6.17. The lowest BCUT2D eigenvalue weighted by molar-refractivity contribution is 0.496. The summed E-state index contributed by atoms with van der Waals surface area (Å²) in [5.74, 6) is 1.98. The Labute approximate surface area is 123 Å². The Hall–Kier alpha value is -1.03. The second-order valence-corrected chi connectivity index (χ2v) is 6.76. The van der Waals surface area contributed by atoms with Gasteiger partial charge in [0.25, 0.3) is 0 Å². The Morgan fingerprint density at radius 3 is 2.55 bits per heavy atom. The minimum Gasteiger partial charge on any atom is -0.357 e. The van der Waals surface area contributed by atoms with E-state index in [4.69, 9.17) is 0 Å². The van der Waals surface area contributed by atoms with Gasteiger partial charge in [-0.3, -0.25) is 4.68 Å². The number of hydrogen-bond acceptors (Lipinski definition) is 3. The molecule has 0 radical (unpaired) electrons. The zero-order valence-corrected chi connectivity index (χ0v) is 13.9. The summed E-state index contributed by atoms with van der Waals surface area (Å²) in [5, 5.41) is 8.25. The molecule has 1 atom stereocenters. The molecule has 0 aliphatic heterocycles. The topological polar surface area (TPSA) is 33.1 Å². The maximum atomic E-state index is 4.63. The first-order chi connectivity index (χ1) is 9.40. The van der Waals surface area contributed by atoms with Crippen LogP contribution in [0.5, 0.6) is 0 Å². The van der Waals surface area contributed by atoms with Crippen LogP contribution in [0.15, 0.2) is 0 Å². The molecule has 1 aromatic rings. The third-order valence-electron chi connectivity index (χ3n) is 4.27. The molecule has 1 unspecified atom stereocenters. The monoisotopic (exact) mass is 278 g/mol. The van der Waals surface area contributed by atoms with Crippen LogP contribution in [0, 0.1) is 12.8 Å². The van der Waals surface area contributed by atoms with Crippen LogP contribution in [0.4, 0.5) is 5.82 Å². The van der Waals surface area contributed by atoms with Gasteiger partial charge >= 0.3 is 0 Å². The smallest absolute Gasteiger partial charge is 0.131 e. The SMILES string of the molecule is Cc1nn(C)c(N(C)C(C)CC(C)C)c1CNC1CC1. The molecule has 1 saturated carbocycles. The molecule has 1 aliphatic carbocycles. The predicted molar refractivity (Wildman–Crippen MR) is 85.1 cm³/mol. The van der Waals surface area contributed by atoms with E-state index in [0.29, 0.717) is 6.04 Å². The minimum atomic E-state index is 0.532. The molecule has 1 fully saturated rings. The van der Waals surface area contributed by atoms with E-state index in [0.717, 1.165) is 24.2 Å². The molecule has 1 aromatic heterocycles. The summed E-state index contributed by atoms with van der Waals surface area (Å²) in [7, 11) is 4.26. The van der Waals surface area contributed by atoms with Gasteiger partial charge in [0.1, 0.15) is 5.82 Å². The van der Waals surface area contributed by atoms with E-state index in [1.165, 1.54) is 30.6 Å². The maximum absolute atomic E-state index is 4.63. The average molecular weight is 278 g/mol. The van der Waals surface area contributed by atoms with Gasteiger partial charge in [0.2, 0.25) is 0 Å². The quantitative estimate of drug-likeness (QED) is 0.832. The Morgan fingerprint density at radius 1 is 1.35 bits per heavy atom. The zero-order valence-electron chi connectivity index (χ0n) is 13.9. The molecule has 1 heterocycles. The number of rotatable bonds is 7. The number of anilines is 1. The lowest BCUT2D eigenvalue weighted by Crippen LogP contribution is -2.33. The first-order valence-electron chi connectivity index (χ1n) is 7.88. The van der Waals surface area contributed by atoms with Gasteiger partial charge in [-0.15, -0.1) is 0 Å². The Kier molecular flexibility index (Phi) is 4.74. The fourth-order valence-electron chi connectivity index (χ4n) is 2.92. The van der Waals surface area contributed by atoms with Gasteiger partial charge in [-0.1, -0.05) is 13.8 Å². The van der Waals surface area contributed by atoms with Crippen LogP contribution >= 0.6 is 0 Å². The second-order valence-electron chi connectivity index (χ2n) is 6.76. The zero-order chi connectivity index (χ0) is 14.9. The van der Waals surface area contributed by atoms with E-state index < -0.39 is 0 Å². The number of aryl methyl sites for hydroxylation is 2. The van der Waals surface area contributed by atoms with Gasteiger partial charge in [0, 0.05) is 38.3 Å². The fraction of sp³-hybridized carbons (Fsp3) is 0.812. The summed E-state index contributed by atoms with van der Waals surface area (Å²) >= 11 is 0. The highest BCUT2D eigenvalue weighted by atomic mass is 15.4. The molecule has 2 rings (SSSR count). The van der Waals surface area contributed by atoms with Crippen molar-refractivity contribution in [2.24, 2.45) is 13.0 Å². The van der Waals surface area contributed by atoms with Crippen LogP contribution in [-0.4, -0.2) is 28.9 Å². The average Bonchev–Trinajstić information content (AvgIpc) is 3.11. The van der Waals surface area contributed by atoms with Crippen molar-refractivity contribution in [2.75, 3.05) is 11.9 Å². The predicted octanol–water partition coefficient (Wildman–Crippen LogP) is 2.85. The molecule has 1 N–H and O–H groups in total.